The summed E-state index contributed by atoms with van der Waals surface area (Å²) in [6.45, 7) is 2.97. The highest BCUT2D eigenvalue weighted by Crippen LogP contribution is 2.22. The van der Waals surface area contributed by atoms with Crippen molar-refractivity contribution in [2.45, 2.75) is 39.2 Å². The summed E-state index contributed by atoms with van der Waals surface area (Å²) in [6.07, 6.45) is 2.69. The van der Waals surface area contributed by atoms with Crippen LogP contribution in [0.2, 0.25) is 0 Å². The van der Waals surface area contributed by atoms with Crippen molar-refractivity contribution in [1.29, 1.82) is 0 Å². The molecule has 0 saturated heterocycles. The molecule has 3 amide bonds. The second kappa shape index (κ2) is 8.62. The van der Waals surface area contributed by atoms with E-state index in [-0.39, 0.29) is 17.7 Å². The predicted molar refractivity (Wildman–Crippen MR) is 103 cm³/mol. The topological polar surface area (TPSA) is 66.5 Å². The first-order chi connectivity index (χ1) is 13.1. The van der Waals surface area contributed by atoms with E-state index in [0.29, 0.717) is 37.1 Å². The van der Waals surface area contributed by atoms with Crippen molar-refractivity contribution in [2.24, 2.45) is 0 Å². The van der Waals surface area contributed by atoms with Crippen molar-refractivity contribution >= 4 is 17.7 Å². The van der Waals surface area contributed by atoms with E-state index in [4.69, 9.17) is 0 Å². The number of imide groups is 1. The molecule has 3 rings (SSSR count). The van der Waals surface area contributed by atoms with Crippen molar-refractivity contribution in [3.8, 4) is 0 Å². The van der Waals surface area contributed by atoms with Gasteiger partial charge in [-0.15, -0.1) is 0 Å². The van der Waals surface area contributed by atoms with Crippen LogP contribution in [0.5, 0.6) is 0 Å². The minimum absolute atomic E-state index is 0.0244. The molecule has 0 aromatic heterocycles. The van der Waals surface area contributed by atoms with Crippen LogP contribution < -0.4 is 5.32 Å². The third kappa shape index (κ3) is 4.61. The van der Waals surface area contributed by atoms with Crippen molar-refractivity contribution in [3.63, 3.8) is 0 Å². The second-order valence-corrected chi connectivity index (χ2v) is 6.88. The third-order valence-electron chi connectivity index (χ3n) is 4.77. The SMILES string of the molecule is Cc1ccc(CNC(=O)CCCCCN2C(=O)c3ccccc3C2=O)cc1. The first kappa shape index (κ1) is 18.8. The number of hydrogen-bond acceptors (Lipinski definition) is 3. The number of rotatable bonds is 8. The number of carbonyl (C=O) groups excluding carboxylic acids is 3. The van der Waals surface area contributed by atoms with Gasteiger partial charge < -0.3 is 5.32 Å². The summed E-state index contributed by atoms with van der Waals surface area (Å²) in [7, 11) is 0. The van der Waals surface area contributed by atoms with Gasteiger partial charge in [0.1, 0.15) is 0 Å². The van der Waals surface area contributed by atoms with Crippen LogP contribution >= 0.6 is 0 Å². The van der Waals surface area contributed by atoms with Crippen LogP contribution in [-0.4, -0.2) is 29.2 Å². The molecule has 5 heteroatoms. The van der Waals surface area contributed by atoms with Gasteiger partial charge in [-0.1, -0.05) is 48.4 Å². The lowest BCUT2D eigenvalue weighted by molar-refractivity contribution is -0.121. The number of aryl methyl sites for hydroxylation is 1. The van der Waals surface area contributed by atoms with Crippen LogP contribution in [0.4, 0.5) is 0 Å². The maximum absolute atomic E-state index is 12.3. The van der Waals surface area contributed by atoms with Gasteiger partial charge in [-0.25, -0.2) is 0 Å². The fourth-order valence-electron chi connectivity index (χ4n) is 3.17. The first-order valence-corrected chi connectivity index (χ1v) is 9.34. The van der Waals surface area contributed by atoms with Crippen LogP contribution in [0.1, 0.15) is 57.5 Å². The van der Waals surface area contributed by atoms with Gasteiger partial charge >= 0.3 is 0 Å². The molecule has 2 aromatic carbocycles. The van der Waals surface area contributed by atoms with E-state index in [0.717, 1.165) is 18.4 Å². The van der Waals surface area contributed by atoms with Gasteiger partial charge in [0.05, 0.1) is 11.1 Å². The number of amides is 3. The van der Waals surface area contributed by atoms with E-state index in [1.165, 1.54) is 10.5 Å². The third-order valence-corrected chi connectivity index (χ3v) is 4.77. The summed E-state index contributed by atoms with van der Waals surface area (Å²) in [5, 5.41) is 2.92. The molecule has 0 fully saturated rings. The van der Waals surface area contributed by atoms with Crippen LogP contribution in [0.3, 0.4) is 0 Å². The van der Waals surface area contributed by atoms with E-state index >= 15 is 0 Å². The molecule has 0 unspecified atom stereocenters. The maximum atomic E-state index is 12.3. The molecular formula is C22H24N2O3. The lowest BCUT2D eigenvalue weighted by Gasteiger charge is -2.13. The van der Waals surface area contributed by atoms with Gasteiger partial charge in [-0.3, -0.25) is 19.3 Å². The Morgan fingerprint density at radius 2 is 1.52 bits per heavy atom. The molecule has 2 aromatic rings. The quantitative estimate of drug-likeness (QED) is 0.576. The molecule has 1 N–H and O–H groups in total. The fraction of sp³-hybridized carbons (Fsp3) is 0.318. The maximum Gasteiger partial charge on any atom is 0.261 e. The lowest BCUT2D eigenvalue weighted by atomic mass is 10.1. The molecule has 0 radical (unpaired) electrons. The summed E-state index contributed by atoms with van der Waals surface area (Å²) in [5.41, 5.74) is 3.25. The molecule has 0 aliphatic carbocycles. The zero-order valence-electron chi connectivity index (χ0n) is 15.5. The van der Waals surface area contributed by atoms with E-state index in [9.17, 15) is 14.4 Å². The van der Waals surface area contributed by atoms with Crippen LogP contribution in [-0.2, 0) is 11.3 Å². The first-order valence-electron chi connectivity index (χ1n) is 9.34. The molecule has 140 valence electrons. The summed E-state index contributed by atoms with van der Waals surface area (Å²) >= 11 is 0. The van der Waals surface area contributed by atoms with Crippen LogP contribution in [0, 0.1) is 6.92 Å². The van der Waals surface area contributed by atoms with Crippen molar-refractivity contribution in [1.82, 2.24) is 10.2 Å². The zero-order valence-corrected chi connectivity index (χ0v) is 15.5. The van der Waals surface area contributed by atoms with Gasteiger partial charge in [-0.2, -0.15) is 0 Å². The summed E-state index contributed by atoms with van der Waals surface area (Å²) in [6, 6.07) is 15.0. The molecule has 1 aliphatic rings. The Labute approximate surface area is 159 Å². The Morgan fingerprint density at radius 1 is 0.889 bits per heavy atom. The van der Waals surface area contributed by atoms with Crippen molar-refractivity contribution in [2.75, 3.05) is 6.54 Å². The fourth-order valence-corrected chi connectivity index (χ4v) is 3.17. The van der Waals surface area contributed by atoms with E-state index in [1.54, 1.807) is 24.3 Å². The number of nitrogens with zero attached hydrogens (tertiary/aromatic N) is 1. The molecule has 0 bridgehead atoms. The number of hydrogen-bond donors (Lipinski definition) is 1. The van der Waals surface area contributed by atoms with Gasteiger partial charge in [0.15, 0.2) is 0 Å². The lowest BCUT2D eigenvalue weighted by Crippen LogP contribution is -2.30. The second-order valence-electron chi connectivity index (χ2n) is 6.88. The Bertz CT molecular complexity index is 808. The predicted octanol–water partition coefficient (Wildman–Crippen LogP) is 3.47. The molecule has 0 saturated carbocycles. The smallest absolute Gasteiger partial charge is 0.261 e. The normalized spacial score (nSPS) is 13.0. The van der Waals surface area contributed by atoms with Crippen molar-refractivity contribution in [3.05, 3.63) is 70.8 Å². The summed E-state index contributed by atoms with van der Waals surface area (Å²) in [5.74, 6) is -0.408. The molecule has 0 spiro atoms. The molecule has 1 heterocycles. The van der Waals surface area contributed by atoms with Crippen molar-refractivity contribution < 1.29 is 14.4 Å². The van der Waals surface area contributed by atoms with E-state index < -0.39 is 0 Å². The van der Waals surface area contributed by atoms with Gasteiger partial charge in [-0.05, 0) is 37.5 Å². The molecule has 27 heavy (non-hydrogen) atoms. The number of carbonyl (C=O) groups is 3. The van der Waals surface area contributed by atoms with Crippen LogP contribution in [0.25, 0.3) is 0 Å². The van der Waals surface area contributed by atoms with Gasteiger partial charge in [0, 0.05) is 19.5 Å². The van der Waals surface area contributed by atoms with Crippen LogP contribution in [0.15, 0.2) is 48.5 Å². The number of nitrogens with one attached hydrogen (secondary N) is 1. The molecule has 5 nitrogen and oxygen atoms in total. The summed E-state index contributed by atoms with van der Waals surface area (Å²) in [4.78, 5) is 37.8. The molecule has 1 aliphatic heterocycles. The highest BCUT2D eigenvalue weighted by Gasteiger charge is 2.34. The van der Waals surface area contributed by atoms with Gasteiger partial charge in [0.25, 0.3) is 11.8 Å². The molecular weight excluding hydrogens is 340 g/mol. The van der Waals surface area contributed by atoms with E-state index in [2.05, 4.69) is 5.32 Å². The highest BCUT2D eigenvalue weighted by molar-refractivity contribution is 6.21. The standard InChI is InChI=1S/C22H24N2O3/c1-16-10-12-17(13-11-16)15-23-20(25)9-3-2-6-14-24-21(26)18-7-4-5-8-19(18)22(24)27/h4-5,7-8,10-13H,2-3,6,9,14-15H2,1H3,(H,23,25). The van der Waals surface area contributed by atoms with E-state index in [1.807, 2.05) is 31.2 Å². The Morgan fingerprint density at radius 3 is 2.15 bits per heavy atom. The Kier molecular flexibility index (Phi) is 6.01. The highest BCUT2D eigenvalue weighted by atomic mass is 16.2. The zero-order chi connectivity index (χ0) is 19.2. The average molecular weight is 364 g/mol. The largest absolute Gasteiger partial charge is 0.352 e. The number of benzene rings is 2. The van der Waals surface area contributed by atoms with Gasteiger partial charge in [0.2, 0.25) is 5.91 Å². The monoisotopic (exact) mass is 364 g/mol. The number of unbranched alkanes of at least 4 members (excludes halogenated alkanes) is 2. The summed E-state index contributed by atoms with van der Waals surface area (Å²) < 4.78 is 0. The average Bonchev–Trinajstić information content (AvgIpc) is 2.92. The minimum atomic E-state index is -0.216. The number of fused-ring (bicyclic) bond motifs is 1. The Hall–Kier alpha value is -2.95. The minimum Gasteiger partial charge on any atom is -0.352 e. The molecule has 0 atom stereocenters. The Balaban J connectivity index is 1.34.